The van der Waals surface area contributed by atoms with Gasteiger partial charge in [0.25, 0.3) is 0 Å². The van der Waals surface area contributed by atoms with E-state index < -0.39 is 0 Å². The fraction of sp³-hybridized carbons (Fsp3) is 0. The van der Waals surface area contributed by atoms with Gasteiger partial charge in [-0.2, -0.15) is 0 Å². The van der Waals surface area contributed by atoms with E-state index in [0.29, 0.717) is 0 Å². The molecule has 0 fully saturated rings. The lowest BCUT2D eigenvalue weighted by Crippen LogP contribution is -2.11. The van der Waals surface area contributed by atoms with Crippen LogP contribution in [0.2, 0.25) is 0 Å². The van der Waals surface area contributed by atoms with Crippen LogP contribution in [0.5, 0.6) is 0 Å². The van der Waals surface area contributed by atoms with E-state index in [1.54, 1.807) is 0 Å². The molecule has 0 saturated heterocycles. The standard InChI is InChI=1S/C46H31NS/c1-4-12-32(13-5-1)36-24-27-44(42(29-36)34-14-6-2-7-15-34)47(39-16-8-3-9-17-39)40-25-22-33(23-26-40)35-20-21-37-31-46-43(30-38(37)28-35)41-18-10-11-19-45(41)48-46/h1-31H. The van der Waals surface area contributed by atoms with Crippen LogP contribution in [0.25, 0.3) is 64.3 Å². The van der Waals surface area contributed by atoms with Crippen LogP contribution in [-0.2, 0) is 0 Å². The van der Waals surface area contributed by atoms with Crippen LogP contribution in [-0.4, -0.2) is 0 Å². The second-order valence-electron chi connectivity index (χ2n) is 12.2. The summed E-state index contributed by atoms with van der Waals surface area (Å²) in [5.41, 5.74) is 10.6. The monoisotopic (exact) mass is 629 g/mol. The van der Waals surface area contributed by atoms with Gasteiger partial charge >= 0.3 is 0 Å². The Labute approximate surface area is 284 Å². The predicted molar refractivity (Wildman–Crippen MR) is 208 cm³/mol. The second kappa shape index (κ2) is 12.0. The fourth-order valence-electron chi connectivity index (χ4n) is 6.85. The molecule has 0 aliphatic rings. The number of anilines is 3. The summed E-state index contributed by atoms with van der Waals surface area (Å²) in [5.74, 6) is 0. The van der Waals surface area contributed by atoms with Crippen molar-refractivity contribution >= 4 is 59.3 Å². The van der Waals surface area contributed by atoms with E-state index in [9.17, 15) is 0 Å². The SMILES string of the molecule is c1ccc(-c2ccc(N(c3ccccc3)c3ccc(-c4ccc5cc6sc7ccccc7c6cc5c4)cc3)c(-c3ccccc3)c2)cc1. The van der Waals surface area contributed by atoms with Gasteiger partial charge in [-0.15, -0.1) is 11.3 Å². The highest BCUT2D eigenvalue weighted by molar-refractivity contribution is 7.25. The lowest BCUT2D eigenvalue weighted by Gasteiger charge is -2.28. The summed E-state index contributed by atoms with van der Waals surface area (Å²) in [6.07, 6.45) is 0. The van der Waals surface area contributed by atoms with Crippen LogP contribution in [0.4, 0.5) is 17.1 Å². The van der Waals surface area contributed by atoms with Gasteiger partial charge in [0.2, 0.25) is 0 Å². The van der Waals surface area contributed by atoms with Crippen molar-refractivity contribution in [1.29, 1.82) is 0 Å². The molecular weight excluding hydrogens is 599 g/mol. The number of fused-ring (bicyclic) bond motifs is 4. The molecule has 1 aromatic heterocycles. The summed E-state index contributed by atoms with van der Waals surface area (Å²) >= 11 is 1.87. The number of rotatable bonds is 6. The second-order valence-corrected chi connectivity index (χ2v) is 13.3. The Morgan fingerprint density at radius 3 is 1.69 bits per heavy atom. The van der Waals surface area contributed by atoms with Crippen LogP contribution in [0.1, 0.15) is 0 Å². The van der Waals surface area contributed by atoms with Gasteiger partial charge in [-0.1, -0.05) is 127 Å². The molecule has 2 heteroatoms. The molecule has 0 N–H and O–H groups in total. The summed E-state index contributed by atoms with van der Waals surface area (Å²) < 4.78 is 2.68. The summed E-state index contributed by atoms with van der Waals surface area (Å²) in [6.45, 7) is 0. The molecule has 1 nitrogen and oxygen atoms in total. The third-order valence-corrected chi connectivity index (χ3v) is 10.4. The van der Waals surface area contributed by atoms with Crippen molar-refractivity contribution in [3.63, 3.8) is 0 Å². The van der Waals surface area contributed by atoms with Gasteiger partial charge in [0.15, 0.2) is 0 Å². The Balaban J connectivity index is 1.14. The molecule has 0 atom stereocenters. The normalized spacial score (nSPS) is 11.3. The number of para-hydroxylation sites is 1. The average molecular weight is 630 g/mol. The summed E-state index contributed by atoms with van der Waals surface area (Å²) in [6, 6.07) is 68.1. The number of benzene rings is 8. The van der Waals surface area contributed by atoms with Crippen LogP contribution >= 0.6 is 11.3 Å². The van der Waals surface area contributed by atoms with Crippen molar-refractivity contribution in [3.05, 3.63) is 188 Å². The first-order valence-electron chi connectivity index (χ1n) is 16.3. The Hall–Kier alpha value is -5.96. The lowest BCUT2D eigenvalue weighted by molar-refractivity contribution is 1.28. The van der Waals surface area contributed by atoms with E-state index in [2.05, 4.69) is 193 Å². The minimum atomic E-state index is 1.11. The maximum atomic E-state index is 2.37. The molecular formula is C46H31NS. The third-order valence-electron chi connectivity index (χ3n) is 9.24. The molecule has 0 aliphatic carbocycles. The number of nitrogens with zero attached hydrogens (tertiary/aromatic N) is 1. The zero-order valence-corrected chi connectivity index (χ0v) is 27.1. The maximum absolute atomic E-state index is 2.37. The number of thiophene rings is 1. The van der Waals surface area contributed by atoms with E-state index in [1.165, 1.54) is 64.3 Å². The minimum absolute atomic E-state index is 1.11. The van der Waals surface area contributed by atoms with Crippen LogP contribution in [0, 0.1) is 0 Å². The largest absolute Gasteiger partial charge is 0.310 e. The molecule has 0 bridgehead atoms. The predicted octanol–water partition coefficient (Wildman–Crippen LogP) is 13.7. The van der Waals surface area contributed by atoms with Crippen LogP contribution in [0.3, 0.4) is 0 Å². The summed E-state index contributed by atoms with van der Waals surface area (Å²) in [7, 11) is 0. The van der Waals surface area contributed by atoms with Gasteiger partial charge in [0.05, 0.1) is 5.69 Å². The van der Waals surface area contributed by atoms with Crippen molar-refractivity contribution in [2.45, 2.75) is 0 Å². The highest BCUT2D eigenvalue weighted by Crippen LogP contribution is 2.43. The molecule has 8 aromatic carbocycles. The molecule has 1 heterocycles. The van der Waals surface area contributed by atoms with E-state index in [4.69, 9.17) is 0 Å². The van der Waals surface area contributed by atoms with E-state index in [1.807, 2.05) is 11.3 Å². The Bertz CT molecular complexity index is 2530. The topological polar surface area (TPSA) is 3.24 Å². The van der Waals surface area contributed by atoms with Crippen LogP contribution in [0.15, 0.2) is 188 Å². The molecule has 0 aliphatic heterocycles. The Morgan fingerprint density at radius 1 is 0.333 bits per heavy atom. The molecule has 0 unspecified atom stereocenters. The van der Waals surface area contributed by atoms with Crippen molar-refractivity contribution in [3.8, 4) is 33.4 Å². The molecule has 226 valence electrons. The summed E-state index contributed by atoms with van der Waals surface area (Å²) in [5, 5.41) is 5.21. The van der Waals surface area contributed by atoms with Gasteiger partial charge < -0.3 is 4.90 Å². The lowest BCUT2D eigenvalue weighted by atomic mass is 9.96. The van der Waals surface area contributed by atoms with Gasteiger partial charge in [0.1, 0.15) is 0 Å². The molecule has 9 rings (SSSR count). The van der Waals surface area contributed by atoms with Crippen LogP contribution < -0.4 is 4.90 Å². The summed E-state index contributed by atoms with van der Waals surface area (Å²) in [4.78, 5) is 2.37. The number of hydrogen-bond acceptors (Lipinski definition) is 2. The molecule has 0 spiro atoms. The van der Waals surface area contributed by atoms with Gasteiger partial charge in [-0.3, -0.25) is 0 Å². The first-order chi connectivity index (χ1) is 23.8. The smallest absolute Gasteiger partial charge is 0.0540 e. The zero-order valence-electron chi connectivity index (χ0n) is 26.3. The van der Waals surface area contributed by atoms with Crippen molar-refractivity contribution in [2.24, 2.45) is 0 Å². The van der Waals surface area contributed by atoms with Gasteiger partial charge in [-0.05, 0) is 99.3 Å². The quantitative estimate of drug-likeness (QED) is 0.177. The van der Waals surface area contributed by atoms with Crippen molar-refractivity contribution in [2.75, 3.05) is 4.90 Å². The van der Waals surface area contributed by atoms with Crippen molar-refractivity contribution < 1.29 is 0 Å². The first-order valence-corrected chi connectivity index (χ1v) is 17.2. The minimum Gasteiger partial charge on any atom is -0.310 e. The first kappa shape index (κ1) is 28.3. The molecule has 9 aromatic rings. The highest BCUT2D eigenvalue weighted by atomic mass is 32.1. The van der Waals surface area contributed by atoms with E-state index >= 15 is 0 Å². The average Bonchev–Trinajstić information content (AvgIpc) is 3.52. The maximum Gasteiger partial charge on any atom is 0.0540 e. The zero-order chi connectivity index (χ0) is 31.9. The molecule has 0 saturated carbocycles. The van der Waals surface area contributed by atoms with Gasteiger partial charge in [-0.25, -0.2) is 0 Å². The van der Waals surface area contributed by atoms with E-state index in [0.717, 1.165) is 17.1 Å². The fourth-order valence-corrected chi connectivity index (χ4v) is 7.98. The third kappa shape index (κ3) is 5.13. The molecule has 48 heavy (non-hydrogen) atoms. The van der Waals surface area contributed by atoms with E-state index in [-0.39, 0.29) is 0 Å². The Kier molecular flexibility index (Phi) is 7.07. The van der Waals surface area contributed by atoms with Crippen molar-refractivity contribution in [1.82, 2.24) is 0 Å². The van der Waals surface area contributed by atoms with Gasteiger partial charge in [0, 0.05) is 37.1 Å². The number of hydrogen-bond donors (Lipinski definition) is 0. The molecule has 0 radical (unpaired) electrons. The Morgan fingerprint density at radius 2 is 0.917 bits per heavy atom. The highest BCUT2D eigenvalue weighted by Gasteiger charge is 2.18. The molecule has 0 amide bonds.